The van der Waals surface area contributed by atoms with Crippen molar-refractivity contribution in [3.8, 4) is 5.75 Å². The van der Waals surface area contributed by atoms with Gasteiger partial charge in [-0.25, -0.2) is 0 Å². The Morgan fingerprint density at radius 2 is 1.94 bits per heavy atom. The van der Waals surface area contributed by atoms with E-state index in [1.807, 2.05) is 19.2 Å². The fourth-order valence-electron chi connectivity index (χ4n) is 2.66. The summed E-state index contributed by atoms with van der Waals surface area (Å²) >= 11 is 0. The quantitative estimate of drug-likeness (QED) is 0.868. The van der Waals surface area contributed by atoms with Gasteiger partial charge in [0.1, 0.15) is 5.75 Å². The van der Waals surface area contributed by atoms with Crippen LogP contribution in [0.5, 0.6) is 5.75 Å². The topological polar surface area (TPSA) is 24.5 Å². The summed E-state index contributed by atoms with van der Waals surface area (Å²) in [7, 11) is 3.74. The number of benzene rings is 1. The number of methoxy groups -OCH3 is 1. The van der Waals surface area contributed by atoms with Gasteiger partial charge in [-0.3, -0.25) is 0 Å². The van der Waals surface area contributed by atoms with Gasteiger partial charge in [0.05, 0.1) is 7.11 Å². The van der Waals surface area contributed by atoms with E-state index in [0.717, 1.165) is 12.3 Å². The lowest BCUT2D eigenvalue weighted by atomic mass is 10.00. The second-order valence-electron chi connectivity index (χ2n) is 5.31. The zero-order chi connectivity index (χ0) is 12.5. The first-order chi connectivity index (χ1) is 8.06. The highest BCUT2D eigenvalue weighted by Gasteiger charge is 2.37. The molecule has 0 saturated carbocycles. The molecular formula is C14H22N2O. The van der Waals surface area contributed by atoms with Crippen LogP contribution in [0.3, 0.4) is 0 Å². The summed E-state index contributed by atoms with van der Waals surface area (Å²) in [6.07, 6.45) is 1.18. The van der Waals surface area contributed by atoms with Gasteiger partial charge in [0.25, 0.3) is 0 Å². The van der Waals surface area contributed by atoms with Crippen molar-refractivity contribution in [2.24, 2.45) is 0 Å². The molecule has 0 amide bonds. The average molecular weight is 234 g/mol. The molecule has 1 fully saturated rings. The van der Waals surface area contributed by atoms with Crippen LogP contribution in [0.25, 0.3) is 0 Å². The third-order valence-corrected chi connectivity index (χ3v) is 3.67. The van der Waals surface area contributed by atoms with Crippen molar-refractivity contribution in [1.82, 2.24) is 5.32 Å². The van der Waals surface area contributed by atoms with Crippen molar-refractivity contribution in [3.05, 3.63) is 24.3 Å². The van der Waals surface area contributed by atoms with Crippen LogP contribution in [-0.4, -0.2) is 32.3 Å². The van der Waals surface area contributed by atoms with E-state index in [1.165, 1.54) is 12.1 Å². The first-order valence-corrected chi connectivity index (χ1v) is 6.16. The van der Waals surface area contributed by atoms with E-state index < -0.39 is 0 Å². The van der Waals surface area contributed by atoms with Gasteiger partial charge in [0.2, 0.25) is 0 Å². The van der Waals surface area contributed by atoms with Gasteiger partial charge in [-0.15, -0.1) is 0 Å². The molecule has 0 aliphatic carbocycles. The highest BCUT2D eigenvalue weighted by atomic mass is 16.5. The van der Waals surface area contributed by atoms with Crippen LogP contribution < -0.4 is 15.0 Å². The van der Waals surface area contributed by atoms with E-state index in [9.17, 15) is 0 Å². The molecule has 1 aromatic rings. The standard InChI is InChI=1S/C14H22N2O/c1-14(2)9-11(15-3)10-16(14)12-5-7-13(17-4)8-6-12/h5-8,11,15H,9-10H2,1-4H3. The molecule has 1 N–H and O–H groups in total. The maximum atomic E-state index is 5.20. The van der Waals surface area contributed by atoms with Crippen LogP contribution in [0.4, 0.5) is 5.69 Å². The van der Waals surface area contributed by atoms with Gasteiger partial charge in [-0.05, 0) is 51.6 Å². The minimum Gasteiger partial charge on any atom is -0.497 e. The number of likely N-dealkylation sites (N-methyl/N-ethyl adjacent to an activating group) is 1. The number of nitrogens with zero attached hydrogens (tertiary/aromatic N) is 1. The SMILES string of the molecule is CNC1CN(c2ccc(OC)cc2)C(C)(C)C1. The highest BCUT2D eigenvalue weighted by molar-refractivity contribution is 5.52. The molecule has 0 radical (unpaired) electrons. The summed E-state index contributed by atoms with van der Waals surface area (Å²) in [5.74, 6) is 0.913. The first-order valence-electron chi connectivity index (χ1n) is 6.16. The smallest absolute Gasteiger partial charge is 0.119 e. The lowest BCUT2D eigenvalue weighted by Crippen LogP contribution is -2.38. The van der Waals surface area contributed by atoms with Gasteiger partial charge in [0.15, 0.2) is 0 Å². The van der Waals surface area contributed by atoms with Crippen molar-refractivity contribution in [2.75, 3.05) is 25.6 Å². The van der Waals surface area contributed by atoms with Crippen molar-refractivity contribution in [2.45, 2.75) is 31.8 Å². The van der Waals surface area contributed by atoms with Crippen LogP contribution in [0, 0.1) is 0 Å². The van der Waals surface area contributed by atoms with Crippen molar-refractivity contribution in [3.63, 3.8) is 0 Å². The van der Waals surface area contributed by atoms with Gasteiger partial charge in [0, 0.05) is 23.8 Å². The summed E-state index contributed by atoms with van der Waals surface area (Å²) < 4.78 is 5.20. The molecule has 17 heavy (non-hydrogen) atoms. The molecule has 1 aliphatic heterocycles. The molecule has 1 unspecified atom stereocenters. The normalized spacial score (nSPS) is 22.8. The lowest BCUT2D eigenvalue weighted by Gasteiger charge is -2.33. The summed E-state index contributed by atoms with van der Waals surface area (Å²) in [4.78, 5) is 2.47. The fourth-order valence-corrected chi connectivity index (χ4v) is 2.66. The van der Waals surface area contributed by atoms with Gasteiger partial charge in [-0.2, -0.15) is 0 Å². The Bertz CT molecular complexity index is 372. The summed E-state index contributed by atoms with van der Waals surface area (Å²) in [6, 6.07) is 8.90. The number of rotatable bonds is 3. The van der Waals surface area contributed by atoms with E-state index >= 15 is 0 Å². The minimum absolute atomic E-state index is 0.211. The summed E-state index contributed by atoms with van der Waals surface area (Å²) in [5, 5.41) is 3.38. The Morgan fingerprint density at radius 3 is 2.41 bits per heavy atom. The number of ether oxygens (including phenoxy) is 1. The van der Waals surface area contributed by atoms with Crippen molar-refractivity contribution in [1.29, 1.82) is 0 Å². The number of hydrogen-bond acceptors (Lipinski definition) is 3. The predicted octanol–water partition coefficient (Wildman–Crippen LogP) is 2.27. The van der Waals surface area contributed by atoms with E-state index in [0.29, 0.717) is 6.04 Å². The van der Waals surface area contributed by atoms with Crippen LogP contribution >= 0.6 is 0 Å². The highest BCUT2D eigenvalue weighted by Crippen LogP contribution is 2.34. The molecule has 1 aliphatic rings. The second-order valence-corrected chi connectivity index (χ2v) is 5.31. The molecule has 1 saturated heterocycles. The maximum Gasteiger partial charge on any atom is 0.119 e. The number of nitrogens with one attached hydrogen (secondary N) is 1. The number of anilines is 1. The Kier molecular flexibility index (Phi) is 3.29. The largest absolute Gasteiger partial charge is 0.497 e. The lowest BCUT2D eigenvalue weighted by molar-refractivity contribution is 0.414. The van der Waals surface area contributed by atoms with Gasteiger partial charge in [-0.1, -0.05) is 0 Å². The molecule has 0 spiro atoms. The Labute approximate surface area is 104 Å². The molecule has 1 aromatic carbocycles. The van der Waals surface area contributed by atoms with Gasteiger partial charge >= 0.3 is 0 Å². The summed E-state index contributed by atoms with van der Waals surface area (Å²) in [6.45, 7) is 5.67. The van der Waals surface area contributed by atoms with Crippen molar-refractivity contribution >= 4 is 5.69 Å². The zero-order valence-corrected chi connectivity index (χ0v) is 11.2. The first kappa shape index (κ1) is 12.2. The Hall–Kier alpha value is -1.22. The molecule has 1 atom stereocenters. The number of hydrogen-bond donors (Lipinski definition) is 1. The second kappa shape index (κ2) is 4.57. The van der Waals surface area contributed by atoms with Crippen LogP contribution in [-0.2, 0) is 0 Å². The van der Waals surface area contributed by atoms with Crippen LogP contribution in [0.1, 0.15) is 20.3 Å². The van der Waals surface area contributed by atoms with Crippen LogP contribution in [0.2, 0.25) is 0 Å². The third kappa shape index (κ3) is 2.39. The van der Waals surface area contributed by atoms with Crippen molar-refractivity contribution < 1.29 is 4.74 Å². The predicted molar refractivity (Wildman–Crippen MR) is 71.9 cm³/mol. The average Bonchev–Trinajstić information content (AvgIpc) is 2.64. The zero-order valence-electron chi connectivity index (χ0n) is 11.2. The monoisotopic (exact) mass is 234 g/mol. The third-order valence-electron chi connectivity index (χ3n) is 3.67. The van der Waals surface area contributed by atoms with Gasteiger partial charge < -0.3 is 15.0 Å². The van der Waals surface area contributed by atoms with E-state index in [2.05, 4.69) is 36.2 Å². The van der Waals surface area contributed by atoms with E-state index in [-0.39, 0.29) is 5.54 Å². The molecular weight excluding hydrogens is 212 g/mol. The summed E-state index contributed by atoms with van der Waals surface area (Å²) in [5.41, 5.74) is 1.48. The fraction of sp³-hybridized carbons (Fsp3) is 0.571. The molecule has 3 nitrogen and oxygen atoms in total. The van der Waals surface area contributed by atoms with E-state index in [4.69, 9.17) is 4.74 Å². The molecule has 3 heteroatoms. The molecule has 0 aromatic heterocycles. The molecule has 2 rings (SSSR count). The Morgan fingerprint density at radius 1 is 1.29 bits per heavy atom. The van der Waals surface area contributed by atoms with E-state index in [1.54, 1.807) is 7.11 Å². The molecule has 94 valence electrons. The molecule has 1 heterocycles. The maximum absolute atomic E-state index is 5.20. The Balaban J connectivity index is 2.20. The van der Waals surface area contributed by atoms with Crippen LogP contribution in [0.15, 0.2) is 24.3 Å². The molecule has 0 bridgehead atoms. The minimum atomic E-state index is 0.211.